The highest BCUT2D eigenvalue weighted by molar-refractivity contribution is 7.71. The number of aliphatic carboxylic acids is 1. The van der Waals surface area contributed by atoms with Gasteiger partial charge in [0.1, 0.15) is 17.5 Å². The molecular formula is C25H23N11O5S2. The molecule has 16 nitrogen and oxygen atoms in total. The zero-order valence-corrected chi connectivity index (χ0v) is 23.6. The Labute approximate surface area is 252 Å². The lowest BCUT2D eigenvalue weighted by atomic mass is 10.2. The van der Waals surface area contributed by atoms with Crippen molar-refractivity contribution < 1.29 is 24.5 Å². The molecule has 5 aromatic rings. The maximum absolute atomic E-state index is 11.5. The van der Waals surface area contributed by atoms with Gasteiger partial charge in [-0.25, -0.2) is 19.2 Å². The first kappa shape index (κ1) is 29.0. The van der Waals surface area contributed by atoms with E-state index in [1.54, 1.807) is 41.1 Å². The fourth-order valence-corrected chi connectivity index (χ4v) is 4.12. The number of aliphatic imine (C=N–C) groups is 1. The van der Waals surface area contributed by atoms with Crippen LogP contribution in [-0.2, 0) is 4.79 Å². The second kappa shape index (κ2) is 13.5. The summed E-state index contributed by atoms with van der Waals surface area (Å²) in [5.41, 5.74) is 3.03. The van der Waals surface area contributed by atoms with E-state index < -0.39 is 18.6 Å². The van der Waals surface area contributed by atoms with Crippen LogP contribution in [0, 0.1) is 9.54 Å². The minimum Gasteiger partial charge on any atom is -0.480 e. The summed E-state index contributed by atoms with van der Waals surface area (Å²) < 4.78 is 15.2. The molecule has 0 aliphatic heterocycles. The summed E-state index contributed by atoms with van der Waals surface area (Å²) in [5, 5.41) is 45.0. The number of aliphatic hydroxyl groups excluding tert-OH is 1. The number of hydrogen-bond donors (Lipinski definition) is 6. The van der Waals surface area contributed by atoms with Gasteiger partial charge in [0.2, 0.25) is 9.54 Å². The van der Waals surface area contributed by atoms with Gasteiger partial charge in [-0.15, -0.1) is 0 Å². The third-order valence-electron chi connectivity index (χ3n) is 5.74. The number of carboxylic acids is 1. The lowest BCUT2D eigenvalue weighted by Crippen LogP contribution is -2.32. The van der Waals surface area contributed by atoms with E-state index in [-0.39, 0.29) is 16.3 Å². The Hall–Kier alpha value is -5.46. The van der Waals surface area contributed by atoms with Gasteiger partial charge in [0, 0.05) is 29.6 Å². The van der Waals surface area contributed by atoms with E-state index in [0.717, 1.165) is 11.4 Å². The number of hydrogen-bond acceptors (Lipinski definition) is 13. The van der Waals surface area contributed by atoms with Crippen LogP contribution in [-0.4, -0.2) is 82.4 Å². The van der Waals surface area contributed by atoms with Crippen LogP contribution in [0.1, 0.15) is 0 Å². The maximum atomic E-state index is 11.5. The monoisotopic (exact) mass is 621 g/mol. The van der Waals surface area contributed by atoms with Gasteiger partial charge in [0.25, 0.3) is 0 Å². The second-order valence-corrected chi connectivity index (χ2v) is 9.37. The van der Waals surface area contributed by atoms with E-state index >= 15 is 0 Å². The Bertz CT molecular complexity index is 1870. The molecule has 0 saturated carbocycles. The van der Waals surface area contributed by atoms with Crippen LogP contribution < -0.4 is 20.1 Å². The number of tetrazole rings is 2. The van der Waals surface area contributed by atoms with Gasteiger partial charge >= 0.3 is 5.97 Å². The molecule has 220 valence electrons. The number of ether oxygens (including phenoxy) is 2. The highest BCUT2D eigenvalue weighted by Crippen LogP contribution is 2.27. The number of aliphatic hydroxyl groups is 1. The molecule has 3 aromatic carbocycles. The molecule has 2 aromatic heterocycles. The SMILES string of the molecule is O=C(O)C(CO)Nc1cc(OC=Nc2cccc(-n3[nH]nnc3=S)c2)cc(OCNc2cccc(-n3[nH]nnc3=S)c2)c1. The number of nitrogens with one attached hydrogen (secondary N) is 4. The number of H-pyrrole nitrogens is 2. The van der Waals surface area contributed by atoms with E-state index in [9.17, 15) is 15.0 Å². The summed E-state index contributed by atoms with van der Waals surface area (Å²) in [5.74, 6) is -0.577. The number of benzene rings is 3. The molecule has 0 fully saturated rings. The smallest absolute Gasteiger partial charge is 0.328 e. The average Bonchev–Trinajstić information content (AvgIpc) is 3.64. The van der Waals surface area contributed by atoms with Crippen molar-refractivity contribution in [2.45, 2.75) is 6.04 Å². The zero-order valence-electron chi connectivity index (χ0n) is 22.0. The number of rotatable bonds is 13. The molecule has 1 unspecified atom stereocenters. The van der Waals surface area contributed by atoms with Gasteiger partial charge in [0.15, 0.2) is 13.1 Å². The minimum absolute atomic E-state index is 0.0488. The molecule has 5 rings (SSSR count). The Balaban J connectivity index is 1.30. The van der Waals surface area contributed by atoms with Crippen molar-refractivity contribution in [3.05, 3.63) is 76.3 Å². The molecule has 43 heavy (non-hydrogen) atoms. The van der Waals surface area contributed by atoms with Crippen LogP contribution in [0.3, 0.4) is 0 Å². The highest BCUT2D eigenvalue weighted by Gasteiger charge is 2.17. The Morgan fingerprint density at radius 3 is 2.28 bits per heavy atom. The fraction of sp³-hybridized carbons (Fsp3) is 0.120. The van der Waals surface area contributed by atoms with E-state index in [2.05, 4.69) is 46.7 Å². The van der Waals surface area contributed by atoms with Crippen molar-refractivity contribution in [1.82, 2.24) is 40.4 Å². The van der Waals surface area contributed by atoms with E-state index in [4.69, 9.17) is 33.9 Å². The standard InChI is InChI=1S/C25H23N11O5S2/c37-12-22(23(38)39)28-17-9-20(40-13-26-15-3-1-5-18(7-15)35-24(42)29-31-33-35)11-21(10-17)41-14-27-16-4-2-6-19(8-16)36-25(43)30-32-34-36/h1-11,13,22,27-28,37H,12,14H2,(H,38,39)(H,29,33,42)(H,30,34,43). The summed E-state index contributed by atoms with van der Waals surface area (Å²) in [7, 11) is 0. The highest BCUT2D eigenvalue weighted by atomic mass is 32.1. The first-order chi connectivity index (χ1) is 20.9. The first-order valence-corrected chi connectivity index (χ1v) is 13.2. The van der Waals surface area contributed by atoms with Crippen LogP contribution in [0.4, 0.5) is 17.1 Å². The van der Waals surface area contributed by atoms with E-state index in [1.165, 1.54) is 11.1 Å². The Morgan fingerprint density at radius 1 is 0.953 bits per heavy atom. The lowest BCUT2D eigenvalue weighted by Gasteiger charge is -2.16. The van der Waals surface area contributed by atoms with Crippen LogP contribution in [0.5, 0.6) is 11.5 Å². The van der Waals surface area contributed by atoms with Gasteiger partial charge in [0.05, 0.1) is 23.7 Å². The van der Waals surface area contributed by atoms with Crippen molar-refractivity contribution in [3.8, 4) is 22.9 Å². The summed E-state index contributed by atoms with van der Waals surface area (Å²) in [6.45, 7) is -0.578. The largest absolute Gasteiger partial charge is 0.480 e. The minimum atomic E-state index is -1.24. The topological polar surface area (TPSA) is 205 Å². The first-order valence-electron chi connectivity index (χ1n) is 12.4. The van der Waals surface area contributed by atoms with Gasteiger partial charge < -0.3 is 30.3 Å². The van der Waals surface area contributed by atoms with Crippen molar-refractivity contribution in [2.24, 2.45) is 4.99 Å². The molecule has 0 bridgehead atoms. The van der Waals surface area contributed by atoms with Gasteiger partial charge in [-0.3, -0.25) is 0 Å². The quantitative estimate of drug-likeness (QED) is 0.0485. The van der Waals surface area contributed by atoms with E-state index in [1.807, 2.05) is 30.3 Å². The summed E-state index contributed by atoms with van der Waals surface area (Å²) in [4.78, 5) is 15.8. The number of anilines is 2. The number of carbonyl (C=O) groups is 1. The van der Waals surface area contributed by atoms with Crippen LogP contribution in [0.2, 0.25) is 0 Å². The maximum Gasteiger partial charge on any atom is 0.328 e. The average molecular weight is 622 g/mol. The zero-order chi connectivity index (χ0) is 30.2. The molecule has 0 aliphatic carbocycles. The normalized spacial score (nSPS) is 11.7. The van der Waals surface area contributed by atoms with Crippen LogP contribution in [0.15, 0.2) is 71.7 Å². The molecule has 0 saturated heterocycles. The summed E-state index contributed by atoms with van der Waals surface area (Å²) >= 11 is 10.3. The van der Waals surface area contributed by atoms with Crippen LogP contribution in [0.25, 0.3) is 11.4 Å². The third-order valence-corrected chi connectivity index (χ3v) is 6.27. The second-order valence-electron chi connectivity index (χ2n) is 8.63. The molecule has 0 radical (unpaired) electrons. The van der Waals surface area contributed by atoms with Crippen molar-refractivity contribution in [2.75, 3.05) is 24.0 Å². The molecule has 18 heteroatoms. The molecule has 0 amide bonds. The van der Waals surface area contributed by atoms with E-state index in [0.29, 0.717) is 28.6 Å². The van der Waals surface area contributed by atoms with Gasteiger partial charge in [-0.2, -0.15) is 10.4 Å². The van der Waals surface area contributed by atoms with Crippen molar-refractivity contribution in [3.63, 3.8) is 0 Å². The molecule has 0 aliphatic rings. The predicted octanol–water partition coefficient (Wildman–Crippen LogP) is 3.01. The predicted molar refractivity (Wildman–Crippen MR) is 160 cm³/mol. The Kier molecular flexibility index (Phi) is 9.10. The lowest BCUT2D eigenvalue weighted by molar-refractivity contribution is -0.138. The van der Waals surface area contributed by atoms with Gasteiger partial charge in [-0.05, 0) is 60.8 Å². The molecule has 6 N–H and O–H groups in total. The molecule has 1 atom stereocenters. The van der Waals surface area contributed by atoms with Gasteiger partial charge in [-0.1, -0.05) is 32.8 Å². The number of carboxylic acid groups (broad SMARTS) is 1. The number of aromatic amines is 2. The number of aromatic nitrogens is 8. The number of nitrogens with zero attached hydrogens (tertiary/aromatic N) is 7. The third kappa shape index (κ3) is 7.44. The molecule has 0 spiro atoms. The van der Waals surface area contributed by atoms with Crippen molar-refractivity contribution in [1.29, 1.82) is 0 Å². The molecule has 2 heterocycles. The summed E-state index contributed by atoms with van der Waals surface area (Å²) in [6, 6.07) is 17.9. The molecular weight excluding hydrogens is 598 g/mol. The fourth-order valence-electron chi connectivity index (χ4n) is 3.74. The van der Waals surface area contributed by atoms with Crippen molar-refractivity contribution >= 4 is 53.9 Å². The van der Waals surface area contributed by atoms with Crippen LogP contribution >= 0.6 is 24.4 Å². The Morgan fingerprint density at radius 2 is 1.63 bits per heavy atom. The summed E-state index contributed by atoms with van der Waals surface area (Å²) in [6.07, 6.45) is 1.23.